The molecule has 2 aliphatic rings. The number of fused-ring (bicyclic) bond motifs is 1. The van der Waals surface area contributed by atoms with E-state index in [9.17, 15) is 0 Å². The van der Waals surface area contributed by atoms with Crippen LogP contribution in [0.4, 0.5) is 11.9 Å². The lowest BCUT2D eigenvalue weighted by Gasteiger charge is -2.38. The highest BCUT2D eigenvalue weighted by Gasteiger charge is 2.27. The van der Waals surface area contributed by atoms with Crippen molar-refractivity contribution in [2.75, 3.05) is 37.4 Å². The summed E-state index contributed by atoms with van der Waals surface area (Å²) in [6, 6.07) is 3.14. The molecule has 3 aromatic rings. The molecule has 0 spiro atoms. The summed E-state index contributed by atoms with van der Waals surface area (Å²) in [4.78, 5) is 11.2. The first-order valence-corrected chi connectivity index (χ1v) is 10.7. The second-order valence-corrected chi connectivity index (χ2v) is 7.99. The second-order valence-electron chi connectivity index (χ2n) is 7.99. The number of aromatic nitrogens is 5. The van der Waals surface area contributed by atoms with Crippen molar-refractivity contribution in [1.29, 1.82) is 0 Å². The first kappa shape index (κ1) is 19.1. The fraction of sp³-hybridized carbons (Fsp3) is 0.476. The smallest absolute Gasteiger partial charge is 0.241 e. The minimum Gasteiger partial charge on any atom is -0.379 e. The van der Waals surface area contributed by atoms with Crippen molar-refractivity contribution in [2.45, 2.75) is 37.8 Å². The van der Waals surface area contributed by atoms with E-state index in [-0.39, 0.29) is 0 Å². The minimum atomic E-state index is 0.430. The molecule has 0 atom stereocenters. The Morgan fingerprint density at radius 3 is 2.70 bits per heavy atom. The molecule has 1 aliphatic carbocycles. The quantitative estimate of drug-likeness (QED) is 0.668. The van der Waals surface area contributed by atoms with Crippen LogP contribution in [0, 0.1) is 0 Å². The molecule has 9 heteroatoms. The zero-order valence-electron chi connectivity index (χ0n) is 17.0. The van der Waals surface area contributed by atoms with Gasteiger partial charge in [0.05, 0.1) is 24.9 Å². The molecule has 3 aromatic heterocycles. The Labute approximate surface area is 175 Å². The maximum atomic E-state index is 5.81. The number of hydrogen-bond donors (Lipinski definition) is 2. The van der Waals surface area contributed by atoms with E-state index in [0.29, 0.717) is 24.0 Å². The molecule has 1 saturated heterocycles. The number of imidazole rings is 1. The first-order chi connectivity index (χ1) is 14.8. The Bertz CT molecular complexity index is 1010. The third kappa shape index (κ3) is 4.03. The van der Waals surface area contributed by atoms with E-state index in [4.69, 9.17) is 10.5 Å². The molecular formula is C21H28N8O. The molecular weight excluding hydrogens is 380 g/mol. The Morgan fingerprint density at radius 2 is 1.93 bits per heavy atom. The summed E-state index contributed by atoms with van der Waals surface area (Å²) in [5.74, 6) is 1.14. The van der Waals surface area contributed by atoms with Gasteiger partial charge in [-0.1, -0.05) is 0 Å². The van der Waals surface area contributed by atoms with E-state index in [1.807, 2.05) is 41.4 Å². The van der Waals surface area contributed by atoms with Crippen LogP contribution in [0.1, 0.15) is 31.2 Å². The molecule has 2 fully saturated rings. The normalized spacial score (nSPS) is 23.3. The number of morpholine rings is 1. The van der Waals surface area contributed by atoms with Gasteiger partial charge in [0, 0.05) is 55.5 Å². The van der Waals surface area contributed by atoms with E-state index in [1.165, 1.54) is 12.8 Å². The molecule has 9 nitrogen and oxygen atoms in total. The maximum Gasteiger partial charge on any atom is 0.241 e. The molecule has 30 heavy (non-hydrogen) atoms. The molecule has 4 heterocycles. The van der Waals surface area contributed by atoms with Crippen molar-refractivity contribution >= 4 is 29.7 Å². The average molecular weight is 409 g/mol. The molecule has 1 saturated carbocycles. The van der Waals surface area contributed by atoms with Gasteiger partial charge in [0.15, 0.2) is 0 Å². The van der Waals surface area contributed by atoms with Crippen LogP contribution in [0.5, 0.6) is 0 Å². The maximum absolute atomic E-state index is 5.81. The lowest BCUT2D eigenvalue weighted by molar-refractivity contribution is 0.00790. The summed E-state index contributed by atoms with van der Waals surface area (Å²) < 4.78 is 9.12. The molecule has 1 aliphatic heterocycles. The van der Waals surface area contributed by atoms with Gasteiger partial charge in [0.1, 0.15) is 0 Å². The van der Waals surface area contributed by atoms with Crippen LogP contribution >= 0.6 is 0 Å². The van der Waals surface area contributed by atoms with Gasteiger partial charge in [0.25, 0.3) is 0 Å². The number of anilines is 2. The largest absolute Gasteiger partial charge is 0.379 e. The fourth-order valence-electron chi connectivity index (χ4n) is 4.45. The van der Waals surface area contributed by atoms with Crippen LogP contribution in [-0.2, 0) is 4.74 Å². The van der Waals surface area contributed by atoms with Gasteiger partial charge in [-0.2, -0.15) is 0 Å². The van der Waals surface area contributed by atoms with Gasteiger partial charge in [-0.05, 0) is 37.8 Å². The van der Waals surface area contributed by atoms with Crippen molar-refractivity contribution in [1.82, 2.24) is 29.0 Å². The van der Waals surface area contributed by atoms with E-state index < -0.39 is 0 Å². The van der Waals surface area contributed by atoms with Crippen LogP contribution in [0.2, 0.25) is 0 Å². The van der Waals surface area contributed by atoms with Crippen LogP contribution in [0.3, 0.4) is 0 Å². The summed E-state index contributed by atoms with van der Waals surface area (Å²) in [7, 11) is 0. The average Bonchev–Trinajstić information content (AvgIpc) is 3.38. The molecule has 0 bridgehead atoms. The second kappa shape index (κ2) is 8.45. The van der Waals surface area contributed by atoms with Crippen LogP contribution in [-0.4, -0.2) is 67.4 Å². The Hall–Kier alpha value is -2.91. The van der Waals surface area contributed by atoms with Crippen molar-refractivity contribution in [3.63, 3.8) is 0 Å². The molecule has 0 amide bonds. The Morgan fingerprint density at radius 1 is 1.10 bits per heavy atom. The number of nitrogens with two attached hydrogens (primary N) is 1. The zero-order chi connectivity index (χ0) is 20.3. The predicted octanol–water partition coefficient (Wildman–Crippen LogP) is 2.19. The fourth-order valence-corrected chi connectivity index (χ4v) is 4.45. The third-order valence-corrected chi connectivity index (χ3v) is 6.15. The van der Waals surface area contributed by atoms with Gasteiger partial charge in [0.2, 0.25) is 11.9 Å². The Balaban J connectivity index is 1.21. The highest BCUT2D eigenvalue weighted by Crippen LogP contribution is 2.25. The molecule has 3 N–H and O–H groups in total. The number of ether oxygens (including phenoxy) is 1. The number of nitrogens with zero attached hydrogens (tertiary/aromatic N) is 6. The number of nitrogen functional groups attached to an aromatic ring is 1. The van der Waals surface area contributed by atoms with Crippen LogP contribution in [0.15, 0.2) is 30.9 Å². The molecule has 0 unspecified atom stereocenters. The van der Waals surface area contributed by atoms with Crippen molar-refractivity contribution in [3.05, 3.63) is 36.4 Å². The van der Waals surface area contributed by atoms with E-state index in [1.54, 1.807) is 10.8 Å². The number of hydrogen-bond acceptors (Lipinski definition) is 7. The van der Waals surface area contributed by atoms with Gasteiger partial charge in [-0.15, -0.1) is 5.10 Å². The number of rotatable bonds is 5. The topological polar surface area (TPSA) is 98.5 Å². The van der Waals surface area contributed by atoms with E-state index in [0.717, 1.165) is 50.2 Å². The highest BCUT2D eigenvalue weighted by atomic mass is 16.5. The SMILES string of the molecule is Nc1nccn1/C=C/c1ccn2nc(NC3CCC(N4CCOCC4)CC3)ncc12. The standard InChI is InChI=1S/C21H28N8O/c22-20-23-7-10-28(20)8-5-16-6-9-29-19(16)15-24-21(26-29)25-17-1-3-18(4-2-17)27-11-13-30-14-12-27/h5-10,15,17-18H,1-4,11-14H2,(H2,22,23)(H,25,26)/b8-5+. The predicted molar refractivity (Wildman–Crippen MR) is 117 cm³/mol. The van der Waals surface area contributed by atoms with Gasteiger partial charge >= 0.3 is 0 Å². The van der Waals surface area contributed by atoms with Crippen molar-refractivity contribution < 1.29 is 4.74 Å². The molecule has 0 radical (unpaired) electrons. The highest BCUT2D eigenvalue weighted by molar-refractivity contribution is 5.74. The summed E-state index contributed by atoms with van der Waals surface area (Å²) in [6.45, 7) is 3.88. The van der Waals surface area contributed by atoms with Crippen LogP contribution < -0.4 is 11.1 Å². The molecule has 0 aromatic carbocycles. The van der Waals surface area contributed by atoms with Gasteiger partial charge in [-0.3, -0.25) is 9.47 Å². The third-order valence-electron chi connectivity index (χ3n) is 6.15. The molecule has 5 rings (SSSR count). The van der Waals surface area contributed by atoms with Crippen LogP contribution in [0.25, 0.3) is 17.8 Å². The molecule has 158 valence electrons. The minimum absolute atomic E-state index is 0.430. The summed E-state index contributed by atoms with van der Waals surface area (Å²) in [5.41, 5.74) is 7.79. The first-order valence-electron chi connectivity index (χ1n) is 10.7. The van der Waals surface area contributed by atoms with Gasteiger partial charge < -0.3 is 15.8 Å². The lowest BCUT2D eigenvalue weighted by atomic mass is 9.90. The zero-order valence-corrected chi connectivity index (χ0v) is 17.0. The summed E-state index contributed by atoms with van der Waals surface area (Å²) in [5, 5.41) is 8.19. The Kier molecular flexibility index (Phi) is 5.37. The summed E-state index contributed by atoms with van der Waals surface area (Å²) in [6.07, 6.45) is 15.9. The lowest BCUT2D eigenvalue weighted by Crippen LogP contribution is -2.46. The van der Waals surface area contributed by atoms with E-state index >= 15 is 0 Å². The van der Waals surface area contributed by atoms with Crippen molar-refractivity contribution in [3.8, 4) is 0 Å². The van der Waals surface area contributed by atoms with Crippen molar-refractivity contribution in [2.24, 2.45) is 0 Å². The van der Waals surface area contributed by atoms with Gasteiger partial charge in [-0.25, -0.2) is 14.5 Å². The monoisotopic (exact) mass is 408 g/mol. The van der Waals surface area contributed by atoms with E-state index in [2.05, 4.69) is 25.3 Å². The summed E-state index contributed by atoms with van der Waals surface area (Å²) >= 11 is 0. The number of nitrogens with one attached hydrogen (secondary N) is 1.